The Morgan fingerprint density at radius 1 is 1.30 bits per heavy atom. The molecule has 0 fully saturated rings. The average Bonchev–Trinajstić information content (AvgIpc) is 2.83. The van der Waals surface area contributed by atoms with Gasteiger partial charge in [0.15, 0.2) is 5.76 Å². The largest absolute Gasteiger partial charge is 0.392 e. The fraction of sp³-hybridized carbons (Fsp3) is 0.308. The maximum absolute atomic E-state index is 12.1. The Morgan fingerprint density at radius 3 is 2.65 bits per heavy atom. The van der Waals surface area contributed by atoms with E-state index < -0.39 is 10.0 Å². The lowest BCUT2D eigenvalue weighted by atomic mass is 10.1. The summed E-state index contributed by atoms with van der Waals surface area (Å²) in [6.07, 6.45) is 0. The third-order valence-electron chi connectivity index (χ3n) is 2.91. The van der Waals surface area contributed by atoms with Crippen molar-refractivity contribution in [3.63, 3.8) is 0 Å². The van der Waals surface area contributed by atoms with E-state index in [9.17, 15) is 13.5 Å². The van der Waals surface area contributed by atoms with Crippen LogP contribution in [0.5, 0.6) is 0 Å². The quantitative estimate of drug-likeness (QED) is 0.866. The number of rotatable bonds is 5. The van der Waals surface area contributed by atoms with Crippen molar-refractivity contribution in [1.82, 2.24) is 9.88 Å². The first kappa shape index (κ1) is 14.7. The van der Waals surface area contributed by atoms with Crippen molar-refractivity contribution < 1.29 is 18.0 Å². The molecular formula is C13H16N2O4S. The van der Waals surface area contributed by atoms with Crippen LogP contribution in [-0.4, -0.2) is 18.7 Å². The second kappa shape index (κ2) is 5.74. The van der Waals surface area contributed by atoms with E-state index in [0.717, 1.165) is 5.56 Å². The van der Waals surface area contributed by atoms with Gasteiger partial charge in [-0.15, -0.1) is 0 Å². The zero-order valence-electron chi connectivity index (χ0n) is 11.3. The molecule has 0 spiro atoms. The highest BCUT2D eigenvalue weighted by Crippen LogP contribution is 2.16. The topological polar surface area (TPSA) is 92.4 Å². The summed E-state index contributed by atoms with van der Waals surface area (Å²) in [7, 11) is -3.65. The molecular weight excluding hydrogens is 280 g/mol. The van der Waals surface area contributed by atoms with Crippen molar-refractivity contribution >= 4 is 10.0 Å². The van der Waals surface area contributed by atoms with Gasteiger partial charge in [0, 0.05) is 6.07 Å². The highest BCUT2D eigenvalue weighted by Gasteiger charge is 2.16. The highest BCUT2D eigenvalue weighted by atomic mass is 32.2. The van der Waals surface area contributed by atoms with Crippen LogP contribution in [0.15, 0.2) is 33.7 Å². The fourth-order valence-electron chi connectivity index (χ4n) is 1.73. The van der Waals surface area contributed by atoms with Crippen LogP contribution >= 0.6 is 0 Å². The molecule has 0 atom stereocenters. The average molecular weight is 296 g/mol. The van der Waals surface area contributed by atoms with Crippen LogP contribution in [0.3, 0.4) is 0 Å². The summed E-state index contributed by atoms with van der Waals surface area (Å²) in [5, 5.41) is 12.9. The molecule has 0 bridgehead atoms. The van der Waals surface area contributed by atoms with Crippen LogP contribution < -0.4 is 4.72 Å². The summed E-state index contributed by atoms with van der Waals surface area (Å²) >= 11 is 0. The lowest BCUT2D eigenvalue weighted by Gasteiger charge is -2.08. The zero-order valence-corrected chi connectivity index (χ0v) is 12.1. The molecule has 1 aromatic carbocycles. The molecule has 0 aliphatic carbocycles. The molecule has 6 nitrogen and oxygen atoms in total. The predicted molar refractivity (Wildman–Crippen MR) is 72.4 cm³/mol. The summed E-state index contributed by atoms with van der Waals surface area (Å²) in [6, 6.07) is 6.29. The maximum Gasteiger partial charge on any atom is 0.240 e. The number of sulfonamides is 1. The van der Waals surface area contributed by atoms with E-state index in [2.05, 4.69) is 9.88 Å². The van der Waals surface area contributed by atoms with Gasteiger partial charge in [-0.05, 0) is 37.1 Å². The number of aliphatic hydroxyl groups is 1. The molecule has 7 heteroatoms. The van der Waals surface area contributed by atoms with Gasteiger partial charge in [0.25, 0.3) is 0 Å². The number of nitrogens with zero attached hydrogens (tertiary/aromatic N) is 1. The predicted octanol–water partition coefficient (Wildman–Crippen LogP) is 1.26. The van der Waals surface area contributed by atoms with Gasteiger partial charge in [-0.1, -0.05) is 11.2 Å². The third kappa shape index (κ3) is 3.24. The molecule has 0 aliphatic heterocycles. The summed E-state index contributed by atoms with van der Waals surface area (Å²) in [4.78, 5) is 0.114. The fourth-order valence-corrected chi connectivity index (χ4v) is 2.78. The molecule has 0 radical (unpaired) electrons. The number of nitrogens with one attached hydrogen (secondary N) is 1. The standard InChI is InChI=1S/C13H16N2O4S/c1-9-3-4-13(6-11(9)8-16)20(17,18)14-7-12-5-10(2)15-19-12/h3-6,14,16H,7-8H2,1-2H3. The number of hydrogen-bond acceptors (Lipinski definition) is 5. The molecule has 0 saturated heterocycles. The van der Waals surface area contributed by atoms with Crippen LogP contribution in [0.1, 0.15) is 22.6 Å². The van der Waals surface area contributed by atoms with Crippen LogP contribution in [0.25, 0.3) is 0 Å². The van der Waals surface area contributed by atoms with Gasteiger partial charge in [-0.2, -0.15) is 0 Å². The number of aliphatic hydroxyl groups excluding tert-OH is 1. The number of benzene rings is 1. The van der Waals surface area contributed by atoms with Gasteiger partial charge >= 0.3 is 0 Å². The van der Waals surface area contributed by atoms with E-state index in [1.165, 1.54) is 12.1 Å². The Bertz CT molecular complexity index is 707. The van der Waals surface area contributed by atoms with Crippen LogP contribution in [0, 0.1) is 13.8 Å². The minimum atomic E-state index is -3.65. The van der Waals surface area contributed by atoms with E-state index in [1.54, 1.807) is 19.1 Å². The number of aromatic nitrogens is 1. The lowest BCUT2D eigenvalue weighted by molar-refractivity contribution is 0.280. The Morgan fingerprint density at radius 2 is 2.05 bits per heavy atom. The molecule has 2 rings (SSSR count). The van der Waals surface area contributed by atoms with Crippen LogP contribution in [-0.2, 0) is 23.2 Å². The Labute approximate surface area is 117 Å². The van der Waals surface area contributed by atoms with Crippen molar-refractivity contribution in [1.29, 1.82) is 0 Å². The Balaban J connectivity index is 2.17. The zero-order chi connectivity index (χ0) is 14.8. The second-order valence-corrected chi connectivity index (χ2v) is 6.27. The van der Waals surface area contributed by atoms with Crippen molar-refractivity contribution in [2.45, 2.75) is 31.9 Å². The molecule has 2 aromatic rings. The minimum Gasteiger partial charge on any atom is -0.392 e. The Hall–Kier alpha value is -1.70. The van der Waals surface area contributed by atoms with Crippen LogP contribution in [0.4, 0.5) is 0 Å². The molecule has 2 N–H and O–H groups in total. The second-order valence-electron chi connectivity index (χ2n) is 4.51. The molecule has 0 amide bonds. The van der Waals surface area contributed by atoms with Gasteiger partial charge in [0.1, 0.15) is 0 Å². The normalized spacial score (nSPS) is 11.8. The molecule has 1 aromatic heterocycles. The summed E-state index contributed by atoms with van der Waals surface area (Å²) in [6.45, 7) is 3.41. The van der Waals surface area contributed by atoms with Gasteiger partial charge in [-0.25, -0.2) is 13.1 Å². The van der Waals surface area contributed by atoms with E-state index in [0.29, 0.717) is 17.0 Å². The SMILES string of the molecule is Cc1cc(CNS(=O)(=O)c2ccc(C)c(CO)c2)on1. The minimum absolute atomic E-state index is 0.0332. The van der Waals surface area contributed by atoms with Crippen LogP contribution in [0.2, 0.25) is 0 Å². The maximum atomic E-state index is 12.1. The van der Waals surface area contributed by atoms with Crippen molar-refractivity contribution in [2.24, 2.45) is 0 Å². The molecule has 0 saturated carbocycles. The monoisotopic (exact) mass is 296 g/mol. The summed E-state index contributed by atoms with van der Waals surface area (Å²) < 4.78 is 31.6. The molecule has 1 heterocycles. The molecule has 20 heavy (non-hydrogen) atoms. The number of aryl methyl sites for hydroxylation is 2. The van der Waals surface area contributed by atoms with Gasteiger partial charge in [-0.3, -0.25) is 0 Å². The van der Waals surface area contributed by atoms with Crippen molar-refractivity contribution in [3.05, 3.63) is 46.8 Å². The van der Waals surface area contributed by atoms with Gasteiger partial charge in [0.2, 0.25) is 10.0 Å². The van der Waals surface area contributed by atoms with Crippen molar-refractivity contribution in [3.8, 4) is 0 Å². The van der Waals surface area contributed by atoms with E-state index >= 15 is 0 Å². The first-order valence-electron chi connectivity index (χ1n) is 6.04. The van der Waals surface area contributed by atoms with E-state index in [-0.39, 0.29) is 18.0 Å². The first-order chi connectivity index (χ1) is 9.42. The van der Waals surface area contributed by atoms with Crippen molar-refractivity contribution in [2.75, 3.05) is 0 Å². The highest BCUT2D eigenvalue weighted by molar-refractivity contribution is 7.89. The summed E-state index contributed by atoms with van der Waals surface area (Å²) in [5.74, 6) is 0.445. The first-order valence-corrected chi connectivity index (χ1v) is 7.53. The smallest absolute Gasteiger partial charge is 0.240 e. The lowest BCUT2D eigenvalue weighted by Crippen LogP contribution is -2.23. The van der Waals surface area contributed by atoms with E-state index in [1.807, 2.05) is 6.92 Å². The number of hydrogen-bond donors (Lipinski definition) is 2. The summed E-state index contributed by atoms with van der Waals surface area (Å²) in [5.41, 5.74) is 2.12. The molecule has 108 valence electrons. The molecule has 0 aliphatic rings. The third-order valence-corrected chi connectivity index (χ3v) is 4.31. The molecule has 0 unspecified atom stereocenters. The van der Waals surface area contributed by atoms with Gasteiger partial charge in [0.05, 0.1) is 23.7 Å². The van der Waals surface area contributed by atoms with Gasteiger partial charge < -0.3 is 9.63 Å². The van der Waals surface area contributed by atoms with E-state index in [4.69, 9.17) is 4.52 Å². The Kier molecular flexibility index (Phi) is 4.22.